The first-order chi connectivity index (χ1) is 11.3. The molecule has 0 saturated heterocycles. The molecule has 12 heteroatoms. The average Bonchev–Trinajstić information content (AvgIpc) is 2.47. The average molecular weight is 379 g/mol. The van der Waals surface area contributed by atoms with Gasteiger partial charge in [-0.2, -0.15) is 17.8 Å². The van der Waals surface area contributed by atoms with Gasteiger partial charge in [0.15, 0.2) is 5.78 Å². The first kappa shape index (κ1) is 18.7. The molecule has 1 aromatic carbocycles. The smallest absolute Gasteiger partial charge is 0.305 e. The van der Waals surface area contributed by atoms with E-state index in [1.165, 1.54) is 6.92 Å². The van der Waals surface area contributed by atoms with Crippen molar-refractivity contribution < 1.29 is 26.4 Å². The van der Waals surface area contributed by atoms with E-state index in [4.69, 9.17) is 0 Å². The van der Waals surface area contributed by atoms with Gasteiger partial charge in [-0.05, 0) is 12.1 Å². The van der Waals surface area contributed by atoms with Gasteiger partial charge in [0.05, 0.1) is 22.7 Å². The van der Waals surface area contributed by atoms with Crippen LogP contribution in [0.4, 0.5) is 13.2 Å². The standard InChI is InChI=1S/C13H12F3N3O5S/c1-3-10(20)6-4-7-9(5-8(6)13(14,15)16)17-12(22)19(11(7)21)18-25(2,23)24/h4-5,18H,3H2,1-2H3,(H,17,22). The van der Waals surface area contributed by atoms with Crippen LogP contribution < -0.4 is 16.1 Å². The SMILES string of the molecule is CCC(=O)c1cc2c(=O)n(NS(C)(=O)=O)c(=O)[nH]c2cc1C(F)(F)F. The van der Waals surface area contributed by atoms with E-state index in [0.29, 0.717) is 18.4 Å². The Bertz CT molecular complexity index is 1080. The molecule has 2 rings (SSSR count). The molecule has 0 aliphatic carbocycles. The minimum atomic E-state index is -4.88. The van der Waals surface area contributed by atoms with E-state index in [1.54, 1.807) is 4.83 Å². The second kappa shape index (κ2) is 6.02. The van der Waals surface area contributed by atoms with Crippen molar-refractivity contribution in [1.29, 1.82) is 0 Å². The van der Waals surface area contributed by atoms with Crippen LogP contribution in [0.3, 0.4) is 0 Å². The van der Waals surface area contributed by atoms with Crippen LogP contribution in [0.25, 0.3) is 10.9 Å². The molecular weight excluding hydrogens is 367 g/mol. The van der Waals surface area contributed by atoms with E-state index in [-0.39, 0.29) is 11.1 Å². The summed E-state index contributed by atoms with van der Waals surface area (Å²) in [6, 6.07) is 1.18. The van der Waals surface area contributed by atoms with Gasteiger partial charge in [-0.15, -0.1) is 0 Å². The number of aromatic nitrogens is 2. The number of halogens is 3. The number of aromatic amines is 1. The number of hydrogen-bond donors (Lipinski definition) is 2. The number of carbonyl (C=O) groups is 1. The Hall–Kier alpha value is -2.63. The van der Waals surface area contributed by atoms with E-state index < -0.39 is 55.3 Å². The summed E-state index contributed by atoms with van der Waals surface area (Å²) in [4.78, 5) is 39.5. The lowest BCUT2D eigenvalue weighted by Crippen LogP contribution is -2.43. The normalized spacial score (nSPS) is 12.4. The van der Waals surface area contributed by atoms with Gasteiger partial charge in [0.1, 0.15) is 0 Å². The summed E-state index contributed by atoms with van der Waals surface area (Å²) in [7, 11) is -4.01. The first-order valence-electron chi connectivity index (χ1n) is 6.76. The van der Waals surface area contributed by atoms with Gasteiger partial charge in [0, 0.05) is 12.0 Å². The van der Waals surface area contributed by atoms with Gasteiger partial charge < -0.3 is 4.98 Å². The molecule has 2 aromatic rings. The Labute approximate surface area is 138 Å². The van der Waals surface area contributed by atoms with Gasteiger partial charge in [0.25, 0.3) is 5.56 Å². The highest BCUT2D eigenvalue weighted by atomic mass is 32.2. The molecule has 1 aromatic heterocycles. The number of H-pyrrole nitrogens is 1. The number of Topliss-reactive ketones (excluding diaryl/α,β-unsaturated/α-hetero) is 1. The van der Waals surface area contributed by atoms with Crippen molar-refractivity contribution in [2.24, 2.45) is 0 Å². The van der Waals surface area contributed by atoms with E-state index in [1.807, 2.05) is 4.98 Å². The molecule has 25 heavy (non-hydrogen) atoms. The molecule has 0 spiro atoms. The fraction of sp³-hybridized carbons (Fsp3) is 0.308. The van der Waals surface area contributed by atoms with Crippen molar-refractivity contribution in [3.05, 3.63) is 44.1 Å². The van der Waals surface area contributed by atoms with Crippen molar-refractivity contribution in [2.75, 3.05) is 11.1 Å². The van der Waals surface area contributed by atoms with Gasteiger partial charge in [-0.3, -0.25) is 9.59 Å². The van der Waals surface area contributed by atoms with Crippen molar-refractivity contribution >= 4 is 26.7 Å². The van der Waals surface area contributed by atoms with E-state index in [9.17, 15) is 36.0 Å². The van der Waals surface area contributed by atoms with Crippen LogP contribution >= 0.6 is 0 Å². The van der Waals surface area contributed by atoms with Crippen molar-refractivity contribution in [2.45, 2.75) is 19.5 Å². The van der Waals surface area contributed by atoms with Crippen LogP contribution in [0.5, 0.6) is 0 Å². The summed E-state index contributed by atoms with van der Waals surface area (Å²) < 4.78 is 62.0. The molecule has 136 valence electrons. The number of alkyl halides is 3. The number of fused-ring (bicyclic) bond motifs is 1. The maximum atomic E-state index is 13.2. The second-order valence-corrected chi connectivity index (χ2v) is 6.88. The van der Waals surface area contributed by atoms with Crippen LogP contribution in [-0.2, 0) is 16.2 Å². The zero-order chi connectivity index (χ0) is 19.2. The molecule has 0 aliphatic rings. The summed E-state index contributed by atoms with van der Waals surface area (Å²) in [5.41, 5.74) is -4.98. The van der Waals surface area contributed by atoms with Crippen molar-refractivity contribution in [3.63, 3.8) is 0 Å². The molecule has 2 N–H and O–H groups in total. The van der Waals surface area contributed by atoms with Crippen LogP contribution in [-0.4, -0.2) is 30.1 Å². The summed E-state index contributed by atoms with van der Waals surface area (Å²) >= 11 is 0. The number of sulfonamides is 1. The molecule has 0 bridgehead atoms. The Morgan fingerprint density at radius 3 is 2.36 bits per heavy atom. The van der Waals surface area contributed by atoms with Crippen LogP contribution in [0, 0.1) is 0 Å². The molecule has 0 radical (unpaired) electrons. The maximum absolute atomic E-state index is 13.2. The number of hydrogen-bond acceptors (Lipinski definition) is 5. The summed E-state index contributed by atoms with van der Waals surface area (Å²) in [5, 5.41) is -0.444. The Morgan fingerprint density at radius 2 is 1.88 bits per heavy atom. The third kappa shape index (κ3) is 3.73. The predicted molar refractivity (Wildman–Crippen MR) is 82.7 cm³/mol. The van der Waals surface area contributed by atoms with Gasteiger partial charge in [-0.25, -0.2) is 18.0 Å². The third-order valence-corrected chi connectivity index (χ3v) is 3.73. The number of carbonyl (C=O) groups excluding carboxylic acids is 1. The van der Waals surface area contributed by atoms with Crippen LogP contribution in [0.15, 0.2) is 21.7 Å². The Morgan fingerprint density at radius 1 is 1.28 bits per heavy atom. The van der Waals surface area contributed by atoms with E-state index in [0.717, 1.165) is 0 Å². The van der Waals surface area contributed by atoms with Crippen LogP contribution in [0.1, 0.15) is 29.3 Å². The van der Waals surface area contributed by atoms with E-state index >= 15 is 0 Å². The van der Waals surface area contributed by atoms with Gasteiger partial charge in [-0.1, -0.05) is 6.92 Å². The highest BCUT2D eigenvalue weighted by molar-refractivity contribution is 7.91. The first-order valence-corrected chi connectivity index (χ1v) is 8.65. The van der Waals surface area contributed by atoms with Crippen molar-refractivity contribution in [1.82, 2.24) is 9.66 Å². The maximum Gasteiger partial charge on any atom is 0.417 e. The molecule has 1 heterocycles. The number of benzene rings is 1. The number of ketones is 1. The summed E-state index contributed by atoms with van der Waals surface area (Å²) in [6.45, 7) is 1.35. The lowest BCUT2D eigenvalue weighted by atomic mass is 9.99. The van der Waals surface area contributed by atoms with Gasteiger partial charge >= 0.3 is 11.9 Å². The highest BCUT2D eigenvalue weighted by Crippen LogP contribution is 2.34. The zero-order valence-electron chi connectivity index (χ0n) is 12.9. The monoisotopic (exact) mass is 379 g/mol. The lowest BCUT2D eigenvalue weighted by Gasteiger charge is -2.14. The molecule has 0 amide bonds. The largest absolute Gasteiger partial charge is 0.417 e. The molecular formula is C13H12F3N3O5S. The summed E-state index contributed by atoms with van der Waals surface area (Å²) in [5.74, 6) is -0.859. The minimum absolute atomic E-state index is 0.102. The van der Waals surface area contributed by atoms with E-state index in [2.05, 4.69) is 0 Å². The highest BCUT2D eigenvalue weighted by Gasteiger charge is 2.35. The third-order valence-electron chi connectivity index (χ3n) is 3.22. The number of nitrogens with zero attached hydrogens (tertiary/aromatic N) is 1. The topological polar surface area (TPSA) is 118 Å². The van der Waals surface area contributed by atoms with Crippen molar-refractivity contribution in [3.8, 4) is 0 Å². The quantitative estimate of drug-likeness (QED) is 0.762. The second-order valence-electron chi connectivity index (χ2n) is 5.15. The van der Waals surface area contributed by atoms with Gasteiger partial charge in [0.2, 0.25) is 10.0 Å². The fourth-order valence-electron chi connectivity index (χ4n) is 2.17. The Kier molecular flexibility index (Phi) is 4.51. The zero-order valence-corrected chi connectivity index (χ0v) is 13.7. The number of rotatable bonds is 4. The molecule has 0 aliphatic heterocycles. The molecule has 0 atom stereocenters. The summed E-state index contributed by atoms with van der Waals surface area (Å²) in [6.07, 6.45) is -4.44. The molecule has 0 saturated carbocycles. The molecule has 0 fully saturated rings. The molecule has 8 nitrogen and oxygen atoms in total. The predicted octanol–water partition coefficient (Wildman–Crippen LogP) is 0.804. The number of nitrogens with one attached hydrogen (secondary N) is 2. The Balaban J connectivity index is 2.92. The molecule has 0 unspecified atom stereocenters. The minimum Gasteiger partial charge on any atom is -0.305 e. The lowest BCUT2D eigenvalue weighted by molar-refractivity contribution is -0.137. The van der Waals surface area contributed by atoms with Crippen LogP contribution in [0.2, 0.25) is 0 Å². The fourth-order valence-corrected chi connectivity index (χ4v) is 2.67.